The standard InChI is InChI=1S/C24H23N3O2.C16H13NO2.C8H12N2O.CH4/c1-15-8-4-6-10-21(15)27-14-20(18-9-5-7-11-22(18)27)23(28)25-13-19-16(2)12-17(3)26-24(19)29;1-11-6-2-4-8-14(11)17-10-13(16(18)19)12-7-3-5-9-15(12)17;1-5-3-6(2)10-8(11)7(5)4-9;/h4-12,14H,13H2,1-3H3,(H,25,28)(H,26,29);2-10H,1H3,(H,18,19);3H,4,9H2,1-2H3,(H,10,11);1H4. The number of H-pyrrole nitrogens is 2. The lowest BCUT2D eigenvalue weighted by molar-refractivity contribution is 0.0698. The number of rotatable bonds is 7. The second kappa shape index (κ2) is 19.0. The van der Waals surface area contributed by atoms with E-state index in [4.69, 9.17) is 5.73 Å². The fourth-order valence-electron chi connectivity index (χ4n) is 7.28. The molecule has 11 nitrogen and oxygen atoms in total. The number of nitrogens with one attached hydrogen (secondary N) is 3. The number of aromatic amines is 2. The van der Waals surface area contributed by atoms with E-state index in [1.165, 1.54) is 0 Å². The number of hydrogen-bond acceptors (Lipinski definition) is 5. The van der Waals surface area contributed by atoms with E-state index in [0.717, 1.165) is 66.8 Å². The summed E-state index contributed by atoms with van der Waals surface area (Å²) in [7, 11) is 0. The van der Waals surface area contributed by atoms with Crippen LogP contribution in [0.2, 0.25) is 0 Å². The molecule has 8 rings (SSSR count). The second-order valence-electron chi connectivity index (χ2n) is 14.5. The maximum atomic E-state index is 13.0. The van der Waals surface area contributed by atoms with Gasteiger partial charge in [0.2, 0.25) is 0 Å². The lowest BCUT2D eigenvalue weighted by atomic mass is 10.1. The first-order valence-corrected chi connectivity index (χ1v) is 19.2. The molecule has 0 aliphatic heterocycles. The number of carboxylic acids is 1. The zero-order chi connectivity index (χ0) is 42.4. The Balaban J connectivity index is 0.000000189. The number of hydrogen-bond donors (Lipinski definition) is 5. The first kappa shape index (κ1) is 43.9. The third-order valence-electron chi connectivity index (χ3n) is 10.3. The fourth-order valence-corrected chi connectivity index (χ4v) is 7.28. The Labute approximate surface area is 349 Å². The number of pyridine rings is 2. The summed E-state index contributed by atoms with van der Waals surface area (Å²) in [5, 5.41) is 13.9. The molecule has 60 heavy (non-hydrogen) atoms. The van der Waals surface area contributed by atoms with Gasteiger partial charge in [0.25, 0.3) is 17.0 Å². The molecule has 0 aliphatic carbocycles. The molecule has 308 valence electrons. The monoisotopic (exact) mass is 804 g/mol. The average Bonchev–Trinajstić information content (AvgIpc) is 3.78. The second-order valence-corrected chi connectivity index (χ2v) is 14.5. The van der Waals surface area contributed by atoms with Gasteiger partial charge in [-0.3, -0.25) is 14.4 Å². The zero-order valence-corrected chi connectivity index (χ0v) is 34.0. The van der Waals surface area contributed by atoms with Crippen molar-refractivity contribution >= 4 is 33.7 Å². The number of carboxylic acid groups (broad SMARTS) is 1. The number of aromatic nitrogens is 4. The predicted molar refractivity (Wildman–Crippen MR) is 242 cm³/mol. The molecular weight excluding hydrogens is 753 g/mol. The molecule has 4 aromatic carbocycles. The maximum absolute atomic E-state index is 13.0. The van der Waals surface area contributed by atoms with Gasteiger partial charge < -0.3 is 35.3 Å². The van der Waals surface area contributed by atoms with Gasteiger partial charge in [-0.1, -0.05) is 80.2 Å². The summed E-state index contributed by atoms with van der Waals surface area (Å²) >= 11 is 0. The summed E-state index contributed by atoms with van der Waals surface area (Å²) in [6, 6.07) is 35.3. The highest BCUT2D eigenvalue weighted by molar-refractivity contribution is 6.07. The first-order chi connectivity index (χ1) is 28.3. The van der Waals surface area contributed by atoms with Gasteiger partial charge in [-0.25, -0.2) is 4.79 Å². The molecule has 0 unspecified atom stereocenters. The molecule has 4 heterocycles. The van der Waals surface area contributed by atoms with E-state index in [1.807, 2.05) is 153 Å². The smallest absolute Gasteiger partial charge is 0.337 e. The Morgan fingerprint density at radius 3 is 1.47 bits per heavy atom. The van der Waals surface area contributed by atoms with Crippen LogP contribution in [0.15, 0.2) is 131 Å². The van der Waals surface area contributed by atoms with Gasteiger partial charge in [0.05, 0.1) is 22.2 Å². The molecule has 0 saturated heterocycles. The minimum Gasteiger partial charge on any atom is -0.478 e. The molecule has 8 aromatic rings. The number of fused-ring (bicyclic) bond motifs is 2. The highest BCUT2D eigenvalue weighted by Gasteiger charge is 2.18. The molecule has 0 atom stereocenters. The van der Waals surface area contributed by atoms with Gasteiger partial charge in [-0.2, -0.15) is 0 Å². The molecular formula is C49H52N6O5. The van der Waals surface area contributed by atoms with E-state index in [0.29, 0.717) is 28.8 Å². The number of aromatic carboxylic acids is 1. The molecule has 0 aliphatic rings. The Bertz CT molecular complexity index is 2950. The van der Waals surface area contributed by atoms with Crippen LogP contribution in [-0.2, 0) is 13.1 Å². The first-order valence-electron chi connectivity index (χ1n) is 19.2. The lowest BCUT2D eigenvalue weighted by Gasteiger charge is -2.08. The molecule has 0 saturated carbocycles. The van der Waals surface area contributed by atoms with Crippen molar-refractivity contribution in [3.8, 4) is 11.4 Å². The van der Waals surface area contributed by atoms with Gasteiger partial charge in [-0.15, -0.1) is 0 Å². The maximum Gasteiger partial charge on any atom is 0.337 e. The summed E-state index contributed by atoms with van der Waals surface area (Å²) in [5.41, 5.74) is 17.0. The number of nitrogens with two attached hydrogens (primary N) is 1. The normalized spacial score (nSPS) is 10.6. The highest BCUT2D eigenvalue weighted by Crippen LogP contribution is 2.28. The fraction of sp³-hybridized carbons (Fsp3) is 0.184. The largest absolute Gasteiger partial charge is 0.478 e. The average molecular weight is 805 g/mol. The molecule has 0 spiro atoms. The summed E-state index contributed by atoms with van der Waals surface area (Å²) in [5.74, 6) is -1.10. The van der Waals surface area contributed by atoms with Crippen molar-refractivity contribution in [1.82, 2.24) is 24.4 Å². The Hall–Kier alpha value is -7.24. The van der Waals surface area contributed by atoms with Crippen molar-refractivity contribution in [3.05, 3.63) is 198 Å². The van der Waals surface area contributed by atoms with Crippen LogP contribution in [0.25, 0.3) is 33.2 Å². The molecule has 4 aromatic heterocycles. The van der Waals surface area contributed by atoms with Gasteiger partial charge in [-0.05, 0) is 100 Å². The summed E-state index contributed by atoms with van der Waals surface area (Å²) in [6.45, 7) is 12.0. The van der Waals surface area contributed by atoms with Crippen molar-refractivity contribution in [1.29, 1.82) is 0 Å². The molecule has 0 bridgehead atoms. The molecule has 11 heteroatoms. The van der Waals surface area contributed by atoms with Gasteiger partial charge in [0, 0.05) is 70.1 Å². The SMILES string of the molecule is C.Cc1cc(C)c(CN)c(=O)[nH]1.Cc1cc(C)c(CNC(=O)c2cn(-c3ccccc3C)c3ccccc23)c(=O)[nH]1.Cc1ccccc1-n1cc(C(=O)O)c2ccccc21. The van der Waals surface area contributed by atoms with E-state index in [9.17, 15) is 24.3 Å². The summed E-state index contributed by atoms with van der Waals surface area (Å²) in [6.07, 6.45) is 3.56. The van der Waals surface area contributed by atoms with Crippen LogP contribution in [0.1, 0.15) is 72.9 Å². The van der Waals surface area contributed by atoms with E-state index in [2.05, 4.69) is 28.3 Å². The van der Waals surface area contributed by atoms with Crippen molar-refractivity contribution in [2.75, 3.05) is 0 Å². The molecule has 6 N–H and O–H groups in total. The van der Waals surface area contributed by atoms with E-state index < -0.39 is 5.97 Å². The Morgan fingerprint density at radius 2 is 1.02 bits per heavy atom. The van der Waals surface area contributed by atoms with Gasteiger partial charge in [0.15, 0.2) is 0 Å². The van der Waals surface area contributed by atoms with Gasteiger partial charge in [0.1, 0.15) is 0 Å². The van der Waals surface area contributed by atoms with Crippen LogP contribution in [0.4, 0.5) is 0 Å². The number of amides is 1. The Kier molecular flexibility index (Phi) is 13.9. The lowest BCUT2D eigenvalue weighted by Crippen LogP contribution is -2.27. The van der Waals surface area contributed by atoms with Crippen LogP contribution < -0.4 is 22.2 Å². The van der Waals surface area contributed by atoms with E-state index >= 15 is 0 Å². The van der Waals surface area contributed by atoms with Gasteiger partial charge >= 0.3 is 5.97 Å². The topological polar surface area (TPSA) is 168 Å². The Morgan fingerprint density at radius 1 is 0.600 bits per heavy atom. The minimum absolute atomic E-state index is 0. The number of benzene rings is 4. The number of carbonyl (C=O) groups excluding carboxylic acids is 1. The van der Waals surface area contributed by atoms with E-state index in [-0.39, 0.29) is 31.0 Å². The number of carbonyl (C=O) groups is 2. The van der Waals surface area contributed by atoms with Crippen LogP contribution in [0.5, 0.6) is 0 Å². The summed E-state index contributed by atoms with van der Waals surface area (Å²) < 4.78 is 3.98. The number of nitrogens with zero attached hydrogens (tertiary/aromatic N) is 2. The van der Waals surface area contributed by atoms with Crippen LogP contribution in [-0.4, -0.2) is 36.1 Å². The zero-order valence-electron chi connectivity index (χ0n) is 34.0. The quantitative estimate of drug-likeness (QED) is 0.108. The highest BCUT2D eigenvalue weighted by atomic mass is 16.4. The van der Waals surface area contributed by atoms with Crippen molar-refractivity contribution < 1.29 is 14.7 Å². The summed E-state index contributed by atoms with van der Waals surface area (Å²) in [4.78, 5) is 53.2. The van der Waals surface area contributed by atoms with Crippen LogP contribution in [0.3, 0.4) is 0 Å². The van der Waals surface area contributed by atoms with Crippen molar-refractivity contribution in [2.24, 2.45) is 5.73 Å². The van der Waals surface area contributed by atoms with Crippen LogP contribution in [0, 0.1) is 41.5 Å². The van der Waals surface area contributed by atoms with Crippen molar-refractivity contribution in [3.63, 3.8) is 0 Å². The predicted octanol–water partition coefficient (Wildman–Crippen LogP) is 8.90. The number of aryl methyl sites for hydroxylation is 6. The molecule has 0 fully saturated rings. The third-order valence-corrected chi connectivity index (χ3v) is 10.3. The van der Waals surface area contributed by atoms with Crippen LogP contribution >= 0.6 is 0 Å². The molecule has 0 radical (unpaired) electrons. The third kappa shape index (κ3) is 9.38. The molecule has 1 amide bonds. The number of para-hydroxylation sites is 4. The van der Waals surface area contributed by atoms with Crippen molar-refractivity contribution in [2.45, 2.75) is 62.1 Å². The van der Waals surface area contributed by atoms with E-state index in [1.54, 1.807) is 6.20 Å². The minimum atomic E-state index is -0.900.